The molecule has 0 spiro atoms. The number of para-hydroxylation sites is 1. The zero-order valence-electron chi connectivity index (χ0n) is 94.1. The fraction of sp³-hybridized carbons (Fsp3) is 0.860. The lowest BCUT2D eigenvalue weighted by molar-refractivity contribution is -0.193. The summed E-state index contributed by atoms with van der Waals surface area (Å²) in [4.78, 5) is 64.8. The van der Waals surface area contributed by atoms with Gasteiger partial charge in [-0.25, -0.2) is 0 Å². The fourth-order valence-electron chi connectivity index (χ4n) is 27.2. The Balaban J connectivity index is 0.000000524. The van der Waals surface area contributed by atoms with Gasteiger partial charge in [-0.05, 0) is 438 Å². The Labute approximate surface area is 819 Å². The van der Waals surface area contributed by atoms with E-state index in [2.05, 4.69) is 397 Å². The highest BCUT2D eigenvalue weighted by Gasteiger charge is 2.49. The third-order valence-electron chi connectivity index (χ3n) is 29.9. The van der Waals surface area contributed by atoms with Gasteiger partial charge in [0.25, 0.3) is 0 Å². The number of carbonyl (C=O) groups excluding carboxylic acids is 6. The SMILES string of the molecule is CC1(C)CC(OC(=O)CCCCCCCCC(=O)OC2CC(C)(C)NC(C)(C)C2)CC(C)(C)N1.CC1(C)CC(c2ccccc2)CC(C)(C)N1.CC1(C)CCCC(C)(C)N1c1ccccc1.CC1CC(C)(C)NC(C)(C)C1.CC1CC(C)(C)NC(C)(C)C1.CCN1C(C)(C)CCCC1(C)C.CN1C(C)(C)CCCC1(C)C.C[CH2][Al]([CH2]C)[N]1C(C)(C)CCCC1(C)C.O=C=O.O=C=O. The summed E-state index contributed by atoms with van der Waals surface area (Å²) in [6, 6.07) is 21.8. The molecule has 0 aliphatic carbocycles. The normalized spacial score (nSPS) is 25.1. The molecule has 0 radical (unpaired) electrons. The van der Waals surface area contributed by atoms with Crippen molar-refractivity contribution in [2.75, 3.05) is 18.5 Å². The summed E-state index contributed by atoms with van der Waals surface area (Å²) >= 11 is -0.690. The number of benzene rings is 2. The summed E-state index contributed by atoms with van der Waals surface area (Å²) in [6.07, 6.45) is 34.8. The number of unbranched alkanes of at least 4 members (excludes halogenated alkanes) is 5. The molecular formula is C114H212AlN9O8. The van der Waals surface area contributed by atoms with Crippen molar-refractivity contribution >= 4 is 44.3 Å². The van der Waals surface area contributed by atoms with Crippen molar-refractivity contribution in [3.8, 4) is 0 Å². The number of likely N-dealkylation sites (tertiary alicyclic amines) is 2. The summed E-state index contributed by atoms with van der Waals surface area (Å²) in [6.45, 7) is 96.0. The minimum Gasteiger partial charge on any atom is -0.462 e. The Morgan fingerprint density at radius 2 is 0.583 bits per heavy atom. The van der Waals surface area contributed by atoms with Crippen molar-refractivity contribution in [1.82, 2.24) is 40.3 Å². The van der Waals surface area contributed by atoms with Crippen molar-refractivity contribution in [2.45, 2.75) is 605 Å². The number of nitrogens with zero attached hydrogens (tertiary/aromatic N) is 4. The molecule has 5 N–H and O–H groups in total. The average molecular weight is 1860 g/mol. The summed E-state index contributed by atoms with van der Waals surface area (Å²) in [5.74, 6) is 2.28. The van der Waals surface area contributed by atoms with E-state index >= 15 is 0 Å². The number of anilines is 1. The highest BCUT2D eigenvalue weighted by Crippen LogP contribution is 2.46. The molecule has 0 unspecified atom stereocenters. The highest BCUT2D eigenvalue weighted by atomic mass is 27.2. The number of nitrogens with one attached hydrogen (secondary N) is 5. The zero-order chi connectivity index (χ0) is 102. The Hall–Kier alpha value is -3.85. The van der Waals surface area contributed by atoms with Gasteiger partial charge in [-0.15, -0.1) is 0 Å². The maximum atomic E-state index is 12.3. The first kappa shape index (κ1) is 124. The van der Waals surface area contributed by atoms with Crippen LogP contribution in [0, 0.1) is 11.8 Å². The van der Waals surface area contributed by atoms with Crippen molar-refractivity contribution in [1.29, 1.82) is 0 Å². The molecule has 764 valence electrons. The van der Waals surface area contributed by atoms with Crippen LogP contribution in [0.1, 0.15) is 488 Å². The average Bonchev–Trinajstić information content (AvgIpc) is 0.769. The van der Waals surface area contributed by atoms with E-state index in [1.165, 1.54) is 144 Å². The first-order chi connectivity index (χ1) is 59.9. The Kier molecular flexibility index (Phi) is 48.5. The molecule has 0 amide bonds. The largest absolute Gasteiger partial charge is 0.462 e. The summed E-state index contributed by atoms with van der Waals surface area (Å²) in [5.41, 5.74) is 7.68. The molecule has 17 nitrogen and oxygen atoms in total. The van der Waals surface area contributed by atoms with Gasteiger partial charge in [0.2, 0.25) is 0 Å². The number of ether oxygens (including phenoxy) is 2. The molecule has 18 heteroatoms. The summed E-state index contributed by atoms with van der Waals surface area (Å²) < 4.78 is 14.5. The van der Waals surface area contributed by atoms with Crippen LogP contribution in [-0.2, 0) is 38.2 Å². The van der Waals surface area contributed by atoms with Crippen molar-refractivity contribution in [2.24, 2.45) is 11.8 Å². The molecular weight excluding hydrogens is 1650 g/mol. The zero-order valence-corrected chi connectivity index (χ0v) is 95.3. The number of hydrogen-bond acceptors (Lipinski definition) is 17. The molecule has 0 bridgehead atoms. The van der Waals surface area contributed by atoms with Crippen LogP contribution in [0.5, 0.6) is 0 Å². The minimum atomic E-state index is -0.690. The molecule has 132 heavy (non-hydrogen) atoms. The number of carbonyl (C=O) groups is 2. The maximum Gasteiger partial charge on any atom is 0.373 e. The fourth-order valence-corrected chi connectivity index (χ4v) is 30.8. The van der Waals surface area contributed by atoms with E-state index in [9.17, 15) is 9.59 Å². The van der Waals surface area contributed by atoms with E-state index in [0.717, 1.165) is 76.0 Å². The standard InChI is InChI=1S/C28H52N2O4.2C15H23N.C11H23N.3C10H21N.C9H18N.2C2H5.2CO2.Al/c1-25(2)17-21(18-26(3,4)29-25)33-23(31)15-13-11-9-10-12-14-16-24(32)34-22-19-27(5,6)30-28(7,8)20-22;1-14(2)11-8-12-15(3,4)16(14)13-9-6-5-7-10-13;1-14(2)10-13(11-15(3,4)16-14)12-8-6-5-7-9-12;1-6-12-10(2,3)8-7-9-11(12,4)5;2*1-8-6-9(2,3)11-10(4,5)7-8;1-9(2)7-6-8-10(3,4)11(9)5;1-8(2)6-5-7-9(3,4)10-8;2*1-2;2*2-1-3;/h21-22,29-30H,9-20H2,1-8H3;5-7,9-10H,8,11-12H2,1-4H3;5-9,13,16H,10-11H2,1-4H3;6-9H2,1-5H3;2*8,11H,6-7H2,1-5H3;6-8H2,1-5H3;5-7H2,1-4H3;2*1H2,2H3;;;/q;;;;;;;-1;;;;;+1. The lowest BCUT2D eigenvalue weighted by Gasteiger charge is -2.56. The van der Waals surface area contributed by atoms with E-state index in [4.69, 9.17) is 28.7 Å². The van der Waals surface area contributed by atoms with Crippen LogP contribution in [0.4, 0.5) is 5.69 Å². The minimum absolute atomic E-state index is 0.000484. The van der Waals surface area contributed by atoms with Gasteiger partial charge in [-0.3, -0.25) is 19.4 Å². The smallest absolute Gasteiger partial charge is 0.373 e. The predicted molar refractivity (Wildman–Crippen MR) is 563 cm³/mol. The first-order valence-electron chi connectivity index (χ1n) is 52.5. The van der Waals surface area contributed by atoms with Crippen LogP contribution in [0.25, 0.3) is 0 Å². The Morgan fingerprint density at radius 3 is 0.841 bits per heavy atom. The van der Waals surface area contributed by atoms with Crippen LogP contribution in [0.3, 0.4) is 0 Å². The van der Waals surface area contributed by atoms with Gasteiger partial charge in [-0.1, -0.05) is 119 Å². The lowest BCUT2D eigenvalue weighted by Crippen LogP contribution is -2.64. The van der Waals surface area contributed by atoms with Crippen LogP contribution in [0.15, 0.2) is 60.7 Å². The third-order valence-corrected chi connectivity index (χ3v) is 33.9. The van der Waals surface area contributed by atoms with Crippen LogP contribution >= 0.6 is 0 Å². The second-order valence-electron chi connectivity index (χ2n) is 53.6. The van der Waals surface area contributed by atoms with Gasteiger partial charge in [0, 0.05) is 133 Å². The van der Waals surface area contributed by atoms with Gasteiger partial charge < -0.3 is 44.8 Å². The monoisotopic (exact) mass is 1860 g/mol. The van der Waals surface area contributed by atoms with Crippen molar-refractivity contribution < 1.29 is 38.2 Å². The van der Waals surface area contributed by atoms with Gasteiger partial charge in [0.05, 0.1) is 0 Å². The van der Waals surface area contributed by atoms with Gasteiger partial charge >= 0.3 is 38.6 Å². The topological polar surface area (TPSA) is 194 Å². The van der Waals surface area contributed by atoms with Crippen LogP contribution < -0.4 is 31.5 Å². The molecule has 0 saturated carbocycles. The predicted octanol–water partition coefficient (Wildman–Crippen LogP) is 27.5. The van der Waals surface area contributed by atoms with E-state index in [-0.39, 0.29) is 80.8 Å². The second-order valence-corrected chi connectivity index (χ2v) is 57.0. The summed E-state index contributed by atoms with van der Waals surface area (Å²) in [5, 5.41) is 21.1. The lowest BCUT2D eigenvalue weighted by atomic mass is 9.73. The van der Waals surface area contributed by atoms with E-state index < -0.39 is 14.4 Å². The molecule has 9 saturated heterocycles. The number of rotatable bonds is 17. The van der Waals surface area contributed by atoms with Gasteiger partial charge in [0.1, 0.15) is 12.2 Å². The van der Waals surface area contributed by atoms with Gasteiger partial charge in [-0.2, -0.15) is 19.2 Å². The van der Waals surface area contributed by atoms with Crippen LogP contribution in [0.2, 0.25) is 10.6 Å². The maximum absolute atomic E-state index is 12.3. The van der Waals surface area contributed by atoms with Gasteiger partial charge in [0.15, 0.2) is 0 Å². The molecule has 2 aromatic rings. The van der Waals surface area contributed by atoms with E-state index in [1.54, 1.807) is 0 Å². The molecule has 11 rings (SSSR count). The molecule has 9 aliphatic heterocycles. The molecule has 9 fully saturated rings. The molecule has 2 aromatic carbocycles. The van der Waals surface area contributed by atoms with E-state index in [1.807, 2.05) is 0 Å². The Bertz CT molecular complexity index is 3470. The highest BCUT2D eigenvalue weighted by molar-refractivity contribution is 6.56. The molecule has 0 atom stereocenters. The van der Waals surface area contributed by atoms with Crippen molar-refractivity contribution in [3.63, 3.8) is 0 Å². The molecule has 9 heterocycles. The molecule has 0 aromatic heterocycles. The summed E-state index contributed by atoms with van der Waals surface area (Å²) in [7, 11) is 2.25. The number of esters is 2. The third kappa shape index (κ3) is 45.2. The number of hydrogen-bond donors (Lipinski definition) is 5. The quantitative estimate of drug-likeness (QED) is 0.0570. The van der Waals surface area contributed by atoms with Crippen molar-refractivity contribution in [3.05, 3.63) is 66.2 Å². The van der Waals surface area contributed by atoms with E-state index in [0.29, 0.717) is 74.1 Å². The first-order valence-corrected chi connectivity index (χ1v) is 54.6. The Morgan fingerprint density at radius 1 is 0.341 bits per heavy atom. The van der Waals surface area contributed by atoms with Crippen LogP contribution in [-0.4, -0.2) is 178 Å². The second kappa shape index (κ2) is 51.5. The number of piperidine rings is 9. The molecule has 9 aliphatic rings.